The zero-order valence-corrected chi connectivity index (χ0v) is 21.2. The molecule has 0 aromatic heterocycles. The Morgan fingerprint density at radius 3 is 2.33 bits per heavy atom. The minimum Gasteiger partial charge on any atom is -0.393 e. The average molecular weight is 415 g/mol. The molecule has 0 aliphatic heterocycles. The molecule has 0 saturated heterocycles. The maximum Gasteiger partial charge on any atom is 0.0594 e. The normalized spacial score (nSPS) is 43.9. The highest BCUT2D eigenvalue weighted by molar-refractivity contribution is 5.35. The van der Waals surface area contributed by atoms with Crippen molar-refractivity contribution >= 4 is 0 Å². The lowest BCUT2D eigenvalue weighted by atomic mass is 9.46. The van der Waals surface area contributed by atoms with Gasteiger partial charge in [-0.25, -0.2) is 0 Å². The van der Waals surface area contributed by atoms with E-state index in [9.17, 15) is 5.11 Å². The van der Waals surface area contributed by atoms with Crippen molar-refractivity contribution in [2.24, 2.45) is 45.8 Å². The Balaban J connectivity index is 1.57. The van der Waals surface area contributed by atoms with Gasteiger partial charge in [-0.1, -0.05) is 78.9 Å². The van der Waals surface area contributed by atoms with Crippen molar-refractivity contribution in [2.75, 3.05) is 0 Å². The fourth-order valence-corrected chi connectivity index (χ4v) is 9.31. The van der Waals surface area contributed by atoms with E-state index < -0.39 is 0 Å². The van der Waals surface area contributed by atoms with Gasteiger partial charge >= 0.3 is 0 Å². The Morgan fingerprint density at radius 2 is 1.63 bits per heavy atom. The van der Waals surface area contributed by atoms with E-state index in [4.69, 9.17) is 0 Å². The van der Waals surface area contributed by atoms with Gasteiger partial charge < -0.3 is 5.11 Å². The van der Waals surface area contributed by atoms with Crippen molar-refractivity contribution in [1.29, 1.82) is 0 Å². The van der Waals surface area contributed by atoms with Crippen LogP contribution in [0.1, 0.15) is 119 Å². The van der Waals surface area contributed by atoms with E-state index in [1.807, 2.05) is 11.1 Å². The summed E-state index contributed by atoms with van der Waals surface area (Å²) in [5.74, 6) is 4.17. The van der Waals surface area contributed by atoms with Gasteiger partial charge in [-0.2, -0.15) is 0 Å². The number of hydrogen-bond acceptors (Lipinski definition) is 1. The first-order valence-corrected chi connectivity index (χ1v) is 13.4. The van der Waals surface area contributed by atoms with Crippen LogP contribution in [0.4, 0.5) is 0 Å². The molecule has 0 aromatic rings. The molecule has 4 aliphatic carbocycles. The van der Waals surface area contributed by atoms with Crippen LogP contribution < -0.4 is 0 Å². The van der Waals surface area contributed by atoms with Crippen LogP contribution in [0, 0.1) is 45.8 Å². The summed E-state index contributed by atoms with van der Waals surface area (Å²) in [6, 6.07) is 0. The number of aliphatic hydroxyl groups excluding tert-OH is 1. The second-order valence-electron chi connectivity index (χ2n) is 13.4. The highest BCUT2D eigenvalue weighted by atomic mass is 16.3. The zero-order chi connectivity index (χ0) is 21.9. The predicted octanol–water partition coefficient (Wildman–Crippen LogP) is 8.17. The molecule has 172 valence electrons. The van der Waals surface area contributed by atoms with Crippen molar-refractivity contribution in [3.05, 3.63) is 11.1 Å². The SMILES string of the molecule is CC(C)CCC[C@@H](C)[C@H]1CC[C@H]2C3=C(CC[C@]12C)[C@@]1(C)CC[C@@H](O)C(C)(C)C1CC3. The molecule has 1 nitrogen and oxygen atoms in total. The first kappa shape index (κ1) is 22.9. The molecular formula is C29H50O. The molecule has 0 amide bonds. The van der Waals surface area contributed by atoms with Gasteiger partial charge in [-0.05, 0) is 97.2 Å². The van der Waals surface area contributed by atoms with Crippen LogP contribution >= 0.6 is 0 Å². The molecule has 2 fully saturated rings. The van der Waals surface area contributed by atoms with Crippen LogP contribution in [0.5, 0.6) is 0 Å². The Labute approximate surface area is 187 Å². The third kappa shape index (κ3) is 3.45. The van der Waals surface area contributed by atoms with Crippen molar-refractivity contribution in [2.45, 2.75) is 125 Å². The summed E-state index contributed by atoms with van der Waals surface area (Å²) in [7, 11) is 0. The van der Waals surface area contributed by atoms with Crippen LogP contribution in [-0.4, -0.2) is 11.2 Å². The van der Waals surface area contributed by atoms with Crippen molar-refractivity contribution in [3.8, 4) is 0 Å². The van der Waals surface area contributed by atoms with Gasteiger partial charge in [0.2, 0.25) is 0 Å². The third-order valence-electron chi connectivity index (χ3n) is 11.1. The third-order valence-corrected chi connectivity index (χ3v) is 11.1. The summed E-state index contributed by atoms with van der Waals surface area (Å²) in [6.45, 7) is 17.3. The molecule has 0 aromatic carbocycles. The average Bonchev–Trinajstić information content (AvgIpc) is 3.02. The van der Waals surface area contributed by atoms with Crippen LogP contribution in [0.25, 0.3) is 0 Å². The first-order chi connectivity index (χ1) is 14.0. The summed E-state index contributed by atoms with van der Waals surface area (Å²) in [6.07, 6.45) is 14.6. The van der Waals surface area contributed by atoms with E-state index in [1.165, 1.54) is 64.2 Å². The van der Waals surface area contributed by atoms with Gasteiger partial charge in [0.25, 0.3) is 0 Å². The Bertz CT molecular complexity index is 672. The Morgan fingerprint density at radius 1 is 0.900 bits per heavy atom. The molecule has 2 saturated carbocycles. The minimum atomic E-state index is -0.117. The topological polar surface area (TPSA) is 20.2 Å². The number of aliphatic hydroxyl groups is 1. The molecule has 0 spiro atoms. The molecule has 4 rings (SSSR count). The highest BCUT2D eigenvalue weighted by Gasteiger charge is 2.59. The van der Waals surface area contributed by atoms with Crippen LogP contribution in [0.2, 0.25) is 0 Å². The van der Waals surface area contributed by atoms with Gasteiger partial charge in [0.1, 0.15) is 0 Å². The minimum absolute atomic E-state index is 0.0649. The van der Waals surface area contributed by atoms with Crippen LogP contribution in [0.15, 0.2) is 11.1 Å². The van der Waals surface area contributed by atoms with E-state index in [0.29, 0.717) is 16.7 Å². The molecule has 4 aliphatic rings. The van der Waals surface area contributed by atoms with Gasteiger partial charge in [-0.15, -0.1) is 0 Å². The highest BCUT2D eigenvalue weighted by Crippen LogP contribution is 2.68. The summed E-state index contributed by atoms with van der Waals surface area (Å²) in [4.78, 5) is 0. The van der Waals surface area contributed by atoms with Gasteiger partial charge in [0.15, 0.2) is 0 Å². The summed E-state index contributed by atoms with van der Waals surface area (Å²) in [5, 5.41) is 10.8. The first-order valence-electron chi connectivity index (χ1n) is 13.4. The molecule has 0 heterocycles. The van der Waals surface area contributed by atoms with Crippen LogP contribution in [0.3, 0.4) is 0 Å². The fourth-order valence-electron chi connectivity index (χ4n) is 9.31. The van der Waals surface area contributed by atoms with E-state index in [1.54, 1.807) is 0 Å². The van der Waals surface area contributed by atoms with E-state index in [0.717, 1.165) is 30.1 Å². The second kappa shape index (κ2) is 7.93. The molecule has 0 bridgehead atoms. The second-order valence-corrected chi connectivity index (χ2v) is 13.4. The van der Waals surface area contributed by atoms with E-state index in [-0.39, 0.29) is 11.5 Å². The fraction of sp³-hybridized carbons (Fsp3) is 0.931. The summed E-state index contributed by atoms with van der Waals surface area (Å²) in [5.41, 5.74) is 4.73. The quantitative estimate of drug-likeness (QED) is 0.450. The smallest absolute Gasteiger partial charge is 0.0594 e. The number of hydrogen-bond donors (Lipinski definition) is 1. The lowest BCUT2D eigenvalue weighted by Crippen LogP contribution is -2.53. The summed E-state index contributed by atoms with van der Waals surface area (Å²) >= 11 is 0. The standard InChI is InChI=1S/C29H50O/c1-19(2)9-8-10-20(3)22-12-13-23-21-11-14-25-27(4,5)26(30)16-18-29(25,7)24(21)15-17-28(22,23)6/h19-20,22-23,25-26,30H,8-18H2,1-7H3/t20-,22-,23+,25?,26-,28-,29-/m1/s1. The van der Waals surface area contributed by atoms with Crippen molar-refractivity contribution < 1.29 is 5.11 Å². The van der Waals surface area contributed by atoms with Crippen molar-refractivity contribution in [3.63, 3.8) is 0 Å². The lowest BCUT2D eigenvalue weighted by Gasteiger charge is -2.60. The predicted molar refractivity (Wildman–Crippen MR) is 128 cm³/mol. The van der Waals surface area contributed by atoms with Gasteiger partial charge in [0, 0.05) is 0 Å². The van der Waals surface area contributed by atoms with E-state index >= 15 is 0 Å². The molecular weight excluding hydrogens is 364 g/mol. The maximum atomic E-state index is 10.8. The molecule has 1 N–H and O–H groups in total. The molecule has 1 heteroatoms. The lowest BCUT2D eigenvalue weighted by molar-refractivity contribution is -0.0931. The van der Waals surface area contributed by atoms with Gasteiger partial charge in [-0.3, -0.25) is 0 Å². The Kier molecular flexibility index (Phi) is 6.05. The molecule has 7 atom stereocenters. The molecule has 30 heavy (non-hydrogen) atoms. The van der Waals surface area contributed by atoms with Crippen LogP contribution in [-0.2, 0) is 0 Å². The molecule has 1 unspecified atom stereocenters. The monoisotopic (exact) mass is 414 g/mol. The number of fused-ring (bicyclic) bond motifs is 4. The summed E-state index contributed by atoms with van der Waals surface area (Å²) < 4.78 is 0. The maximum absolute atomic E-state index is 10.8. The number of rotatable bonds is 5. The van der Waals surface area contributed by atoms with E-state index in [2.05, 4.69) is 48.5 Å². The van der Waals surface area contributed by atoms with Gasteiger partial charge in [0.05, 0.1) is 6.10 Å². The number of allylic oxidation sites excluding steroid dienone is 2. The van der Waals surface area contributed by atoms with Crippen molar-refractivity contribution in [1.82, 2.24) is 0 Å². The zero-order valence-electron chi connectivity index (χ0n) is 21.2. The largest absolute Gasteiger partial charge is 0.393 e. The molecule has 0 radical (unpaired) electrons. The Hall–Kier alpha value is -0.300.